The van der Waals surface area contributed by atoms with Gasteiger partial charge in [0.25, 0.3) is 0 Å². The Balaban J connectivity index is 2.69. The predicted molar refractivity (Wildman–Crippen MR) is 92.5 cm³/mol. The van der Waals surface area contributed by atoms with Gasteiger partial charge in [0.05, 0.1) is 32.5 Å². The highest BCUT2D eigenvalue weighted by Gasteiger charge is 2.45. The average Bonchev–Trinajstić information content (AvgIpc) is 2.62. The number of phenols is 2. The Hall–Kier alpha value is -2.12. The molecule has 2 aromatic carbocycles. The first kappa shape index (κ1) is 19.2. The number of ether oxygens (including phenoxy) is 2. The zero-order chi connectivity index (χ0) is 18.3. The number of hydrogen-bond acceptors (Lipinski definition) is 6. The van der Waals surface area contributed by atoms with Crippen molar-refractivity contribution in [3.05, 3.63) is 59.7 Å². The van der Waals surface area contributed by atoms with Gasteiger partial charge in [-0.05, 0) is 19.1 Å². The van der Waals surface area contributed by atoms with E-state index in [0.717, 1.165) is 0 Å². The number of aromatic hydroxyl groups is 2. The molecule has 0 amide bonds. The first-order valence-electron chi connectivity index (χ1n) is 8.12. The van der Waals surface area contributed by atoms with Crippen LogP contribution in [0.5, 0.6) is 11.5 Å². The summed E-state index contributed by atoms with van der Waals surface area (Å²) in [5, 5.41) is 39.3. The summed E-state index contributed by atoms with van der Waals surface area (Å²) in [5.41, 5.74) is -0.569. The molecule has 0 bridgehead atoms. The van der Waals surface area contributed by atoms with Crippen molar-refractivity contribution in [1.82, 2.24) is 0 Å². The summed E-state index contributed by atoms with van der Waals surface area (Å²) in [5.74, 6) is -0.0497. The van der Waals surface area contributed by atoms with Crippen molar-refractivity contribution in [2.24, 2.45) is 0 Å². The van der Waals surface area contributed by atoms with Crippen LogP contribution in [0.1, 0.15) is 18.1 Å². The topological polar surface area (TPSA) is 99.4 Å². The lowest BCUT2D eigenvalue weighted by molar-refractivity contribution is -0.132. The fourth-order valence-corrected chi connectivity index (χ4v) is 2.98. The largest absolute Gasteiger partial charge is 0.508 e. The van der Waals surface area contributed by atoms with Gasteiger partial charge in [-0.25, -0.2) is 0 Å². The monoisotopic (exact) mass is 348 g/mol. The molecule has 0 spiro atoms. The third-order valence-corrected chi connectivity index (χ3v) is 4.06. The predicted octanol–water partition coefficient (Wildman–Crippen LogP) is 1.75. The Labute approximate surface area is 146 Å². The molecule has 0 radical (unpaired) electrons. The smallest absolute Gasteiger partial charge is 0.151 e. The molecule has 6 heteroatoms. The minimum atomic E-state index is -1.37. The van der Waals surface area contributed by atoms with Gasteiger partial charge in [-0.15, -0.1) is 0 Å². The SMILES string of the molecule is CC(OCCO)C(OCCO)(c1ccccc1O)c1ccccc1O. The molecule has 25 heavy (non-hydrogen) atoms. The molecule has 0 aliphatic carbocycles. The first-order valence-corrected chi connectivity index (χ1v) is 8.12. The van der Waals surface area contributed by atoms with Gasteiger partial charge in [0.2, 0.25) is 0 Å². The fourth-order valence-electron chi connectivity index (χ4n) is 2.98. The summed E-state index contributed by atoms with van der Waals surface area (Å²) in [6, 6.07) is 13.2. The van der Waals surface area contributed by atoms with E-state index in [1.54, 1.807) is 43.3 Å². The normalized spacial score (nSPS) is 12.9. The maximum Gasteiger partial charge on any atom is 0.151 e. The number of rotatable bonds is 9. The molecule has 1 unspecified atom stereocenters. The van der Waals surface area contributed by atoms with Gasteiger partial charge >= 0.3 is 0 Å². The van der Waals surface area contributed by atoms with Gasteiger partial charge in [0.1, 0.15) is 11.5 Å². The second-order valence-electron chi connectivity index (χ2n) is 5.58. The molecule has 136 valence electrons. The van der Waals surface area contributed by atoms with E-state index in [2.05, 4.69) is 0 Å². The van der Waals surface area contributed by atoms with Gasteiger partial charge in [0.15, 0.2) is 5.60 Å². The van der Waals surface area contributed by atoms with Crippen LogP contribution in [-0.2, 0) is 15.1 Å². The highest BCUT2D eigenvalue weighted by molar-refractivity contribution is 5.50. The van der Waals surface area contributed by atoms with E-state index in [-0.39, 0.29) is 37.9 Å². The lowest BCUT2D eigenvalue weighted by Gasteiger charge is -2.40. The molecule has 1 atom stereocenters. The lowest BCUT2D eigenvalue weighted by atomic mass is 9.80. The Bertz CT molecular complexity index is 627. The Morgan fingerprint density at radius 1 is 0.840 bits per heavy atom. The molecular formula is C19H24O6. The van der Waals surface area contributed by atoms with E-state index >= 15 is 0 Å². The van der Waals surface area contributed by atoms with Crippen molar-refractivity contribution in [2.45, 2.75) is 18.6 Å². The maximum absolute atomic E-state index is 10.4. The Morgan fingerprint density at radius 3 is 1.76 bits per heavy atom. The molecular weight excluding hydrogens is 324 g/mol. The van der Waals surface area contributed by atoms with Crippen molar-refractivity contribution in [3.63, 3.8) is 0 Å². The van der Waals surface area contributed by atoms with Crippen LogP contribution >= 0.6 is 0 Å². The zero-order valence-corrected chi connectivity index (χ0v) is 14.1. The van der Waals surface area contributed by atoms with Crippen LogP contribution in [0.2, 0.25) is 0 Å². The van der Waals surface area contributed by atoms with Crippen molar-refractivity contribution in [2.75, 3.05) is 26.4 Å². The average molecular weight is 348 g/mol. The fraction of sp³-hybridized carbons (Fsp3) is 0.368. The van der Waals surface area contributed by atoms with E-state index in [9.17, 15) is 15.3 Å². The summed E-state index contributed by atoms with van der Waals surface area (Å²) < 4.78 is 11.7. The van der Waals surface area contributed by atoms with E-state index in [0.29, 0.717) is 11.1 Å². The number of aliphatic hydroxyl groups is 2. The van der Waals surface area contributed by atoms with Gasteiger partial charge in [-0.3, -0.25) is 0 Å². The van der Waals surface area contributed by atoms with Crippen LogP contribution in [0, 0.1) is 0 Å². The number of aliphatic hydroxyl groups excluding tert-OH is 2. The van der Waals surface area contributed by atoms with Crippen molar-refractivity contribution in [1.29, 1.82) is 0 Å². The molecule has 0 fully saturated rings. The minimum Gasteiger partial charge on any atom is -0.508 e. The second-order valence-corrected chi connectivity index (χ2v) is 5.58. The van der Waals surface area contributed by atoms with Crippen LogP contribution in [0.3, 0.4) is 0 Å². The standard InChI is InChI=1S/C19H24O6/c1-14(24-12-10-20)19(25-13-11-21,15-6-2-4-8-17(15)22)16-7-3-5-9-18(16)23/h2-9,14,20-23H,10-13H2,1H3. The number of para-hydroxylation sites is 2. The molecule has 0 aliphatic rings. The number of benzene rings is 2. The van der Waals surface area contributed by atoms with Gasteiger partial charge in [0, 0.05) is 11.1 Å². The molecule has 0 heterocycles. The highest BCUT2D eigenvalue weighted by Crippen LogP contribution is 2.45. The minimum absolute atomic E-state index is 0.0249. The van der Waals surface area contributed by atoms with Crippen LogP contribution in [0.4, 0.5) is 0 Å². The molecule has 2 aromatic rings. The van der Waals surface area contributed by atoms with Crippen LogP contribution in [-0.4, -0.2) is 53.0 Å². The summed E-state index contributed by atoms with van der Waals surface area (Å²) in [6.45, 7) is 1.34. The van der Waals surface area contributed by atoms with E-state index in [1.165, 1.54) is 12.1 Å². The van der Waals surface area contributed by atoms with Crippen LogP contribution in [0.25, 0.3) is 0 Å². The van der Waals surface area contributed by atoms with Crippen molar-refractivity contribution < 1.29 is 29.9 Å². The molecule has 0 aromatic heterocycles. The van der Waals surface area contributed by atoms with E-state index in [4.69, 9.17) is 14.6 Å². The third kappa shape index (κ3) is 3.93. The number of hydrogen-bond donors (Lipinski definition) is 4. The lowest BCUT2D eigenvalue weighted by Crippen LogP contribution is -2.44. The summed E-state index contributed by atoms with van der Waals surface area (Å²) in [4.78, 5) is 0. The second kappa shape index (κ2) is 8.82. The molecule has 0 saturated heterocycles. The van der Waals surface area contributed by atoms with E-state index < -0.39 is 11.7 Å². The molecule has 0 aliphatic heterocycles. The van der Waals surface area contributed by atoms with Crippen LogP contribution < -0.4 is 0 Å². The van der Waals surface area contributed by atoms with Gasteiger partial charge < -0.3 is 29.9 Å². The van der Waals surface area contributed by atoms with E-state index in [1.807, 2.05) is 0 Å². The Morgan fingerprint density at radius 2 is 1.32 bits per heavy atom. The first-order chi connectivity index (χ1) is 12.1. The van der Waals surface area contributed by atoms with Crippen LogP contribution in [0.15, 0.2) is 48.5 Å². The third-order valence-electron chi connectivity index (χ3n) is 4.06. The zero-order valence-electron chi connectivity index (χ0n) is 14.1. The van der Waals surface area contributed by atoms with Crippen molar-refractivity contribution >= 4 is 0 Å². The maximum atomic E-state index is 10.4. The quantitative estimate of drug-likeness (QED) is 0.551. The Kier molecular flexibility index (Phi) is 6.78. The van der Waals surface area contributed by atoms with Crippen molar-refractivity contribution in [3.8, 4) is 11.5 Å². The van der Waals surface area contributed by atoms with Gasteiger partial charge in [-0.2, -0.15) is 0 Å². The molecule has 4 N–H and O–H groups in total. The molecule has 2 rings (SSSR count). The summed E-state index contributed by atoms with van der Waals surface area (Å²) >= 11 is 0. The summed E-state index contributed by atoms with van der Waals surface area (Å²) in [6.07, 6.45) is -0.673. The summed E-state index contributed by atoms with van der Waals surface area (Å²) in [7, 11) is 0. The molecule has 6 nitrogen and oxygen atoms in total. The molecule has 0 saturated carbocycles. The van der Waals surface area contributed by atoms with Gasteiger partial charge in [-0.1, -0.05) is 36.4 Å². The number of phenolic OH excluding ortho intramolecular Hbond substituents is 2. The highest BCUT2D eigenvalue weighted by atomic mass is 16.6.